The van der Waals surface area contributed by atoms with Crippen LogP contribution in [-0.2, 0) is 19.6 Å². The molecule has 18 heavy (non-hydrogen) atoms. The molecule has 2 aromatic heterocycles. The minimum Gasteiger partial charge on any atom is -0.299 e. The van der Waals surface area contributed by atoms with E-state index >= 15 is 0 Å². The molecule has 0 aliphatic carbocycles. The van der Waals surface area contributed by atoms with Gasteiger partial charge in [-0.1, -0.05) is 6.92 Å². The van der Waals surface area contributed by atoms with Crippen molar-refractivity contribution >= 4 is 0 Å². The lowest BCUT2D eigenvalue weighted by molar-refractivity contribution is 0.577. The third-order valence-corrected chi connectivity index (χ3v) is 3.00. The Morgan fingerprint density at radius 1 is 1.22 bits per heavy atom. The van der Waals surface area contributed by atoms with Gasteiger partial charge < -0.3 is 0 Å². The van der Waals surface area contributed by atoms with Gasteiger partial charge in [0.2, 0.25) is 0 Å². The molecular formula is C13H20N4O. The number of hydrogen-bond donors (Lipinski definition) is 0. The SMILES string of the molecule is CCCn1ccn(Cc2cc(C)nn2CC)c1=O. The van der Waals surface area contributed by atoms with Crippen LogP contribution in [0, 0.1) is 6.92 Å². The Morgan fingerprint density at radius 2 is 1.94 bits per heavy atom. The molecule has 0 saturated carbocycles. The molecule has 5 heteroatoms. The van der Waals surface area contributed by atoms with Crippen molar-refractivity contribution in [2.45, 2.75) is 46.8 Å². The zero-order valence-corrected chi connectivity index (χ0v) is 11.3. The summed E-state index contributed by atoms with van der Waals surface area (Å²) in [5, 5.41) is 4.39. The van der Waals surface area contributed by atoms with Crippen molar-refractivity contribution in [3.8, 4) is 0 Å². The fourth-order valence-electron chi connectivity index (χ4n) is 2.16. The van der Waals surface area contributed by atoms with E-state index in [2.05, 4.69) is 18.9 Å². The van der Waals surface area contributed by atoms with E-state index in [9.17, 15) is 4.79 Å². The van der Waals surface area contributed by atoms with Gasteiger partial charge in [0.1, 0.15) is 0 Å². The van der Waals surface area contributed by atoms with Crippen molar-refractivity contribution in [1.82, 2.24) is 18.9 Å². The average molecular weight is 248 g/mol. The fraction of sp³-hybridized carbons (Fsp3) is 0.538. The molecule has 98 valence electrons. The van der Waals surface area contributed by atoms with Crippen molar-refractivity contribution < 1.29 is 0 Å². The zero-order chi connectivity index (χ0) is 13.1. The molecule has 0 bridgehead atoms. The Bertz CT molecular complexity index is 576. The van der Waals surface area contributed by atoms with E-state index in [1.54, 1.807) is 9.13 Å². The molecule has 0 N–H and O–H groups in total. The van der Waals surface area contributed by atoms with E-state index in [0.29, 0.717) is 6.54 Å². The van der Waals surface area contributed by atoms with Crippen LogP contribution in [0.5, 0.6) is 0 Å². The summed E-state index contributed by atoms with van der Waals surface area (Å²) in [5.74, 6) is 0. The minimum atomic E-state index is 0.0540. The third kappa shape index (κ3) is 2.39. The Kier molecular flexibility index (Phi) is 3.69. The molecule has 0 atom stereocenters. The molecule has 0 saturated heterocycles. The molecule has 0 aliphatic rings. The number of imidazole rings is 1. The largest absolute Gasteiger partial charge is 0.328 e. The standard InChI is InChI=1S/C13H20N4O/c1-4-6-15-7-8-16(13(15)18)10-12-9-11(3)14-17(12)5-2/h7-9H,4-6,10H2,1-3H3. The maximum atomic E-state index is 12.1. The van der Waals surface area contributed by atoms with Gasteiger partial charge in [-0.05, 0) is 26.3 Å². The first-order valence-electron chi connectivity index (χ1n) is 6.44. The first kappa shape index (κ1) is 12.7. The number of nitrogens with zero attached hydrogens (tertiary/aromatic N) is 4. The van der Waals surface area contributed by atoms with Crippen LogP contribution in [0.2, 0.25) is 0 Å². The quantitative estimate of drug-likeness (QED) is 0.807. The summed E-state index contributed by atoms with van der Waals surface area (Å²) in [6, 6.07) is 2.03. The molecule has 0 aromatic carbocycles. The van der Waals surface area contributed by atoms with Crippen LogP contribution in [0.3, 0.4) is 0 Å². The summed E-state index contributed by atoms with van der Waals surface area (Å²) in [5.41, 5.74) is 2.12. The maximum absolute atomic E-state index is 12.1. The van der Waals surface area contributed by atoms with Crippen LogP contribution in [0.4, 0.5) is 0 Å². The molecule has 0 amide bonds. The molecule has 2 aromatic rings. The van der Waals surface area contributed by atoms with Gasteiger partial charge in [-0.2, -0.15) is 5.10 Å². The average Bonchev–Trinajstić information content (AvgIpc) is 2.87. The molecule has 5 nitrogen and oxygen atoms in total. The molecule has 0 fully saturated rings. The van der Waals surface area contributed by atoms with Crippen molar-refractivity contribution in [2.24, 2.45) is 0 Å². The van der Waals surface area contributed by atoms with Crippen molar-refractivity contribution in [3.05, 3.63) is 40.3 Å². The normalized spacial score (nSPS) is 11.1. The Morgan fingerprint density at radius 3 is 2.61 bits per heavy atom. The van der Waals surface area contributed by atoms with E-state index in [1.165, 1.54) is 0 Å². The Hall–Kier alpha value is -1.78. The van der Waals surface area contributed by atoms with Crippen molar-refractivity contribution in [3.63, 3.8) is 0 Å². The zero-order valence-electron chi connectivity index (χ0n) is 11.3. The predicted octanol–water partition coefficient (Wildman–Crippen LogP) is 1.63. The highest BCUT2D eigenvalue weighted by atomic mass is 16.1. The number of hydrogen-bond acceptors (Lipinski definition) is 2. The maximum Gasteiger partial charge on any atom is 0.328 e. The lowest BCUT2D eigenvalue weighted by atomic mass is 10.3. The summed E-state index contributed by atoms with van der Waals surface area (Å²) in [4.78, 5) is 12.1. The Labute approximate surface area is 107 Å². The summed E-state index contributed by atoms with van der Waals surface area (Å²) in [7, 11) is 0. The van der Waals surface area contributed by atoms with E-state index in [0.717, 1.165) is 30.9 Å². The van der Waals surface area contributed by atoms with Crippen LogP contribution in [-0.4, -0.2) is 18.9 Å². The van der Waals surface area contributed by atoms with Gasteiger partial charge in [0.15, 0.2) is 0 Å². The monoisotopic (exact) mass is 248 g/mol. The second-order valence-electron chi connectivity index (χ2n) is 4.49. The molecule has 2 rings (SSSR count). The summed E-state index contributed by atoms with van der Waals surface area (Å²) >= 11 is 0. The van der Waals surface area contributed by atoms with Crippen LogP contribution in [0.15, 0.2) is 23.3 Å². The number of aryl methyl sites for hydroxylation is 3. The van der Waals surface area contributed by atoms with Gasteiger partial charge in [0.05, 0.1) is 17.9 Å². The lowest BCUT2D eigenvalue weighted by Crippen LogP contribution is -2.25. The van der Waals surface area contributed by atoms with Gasteiger partial charge in [-0.15, -0.1) is 0 Å². The smallest absolute Gasteiger partial charge is 0.299 e. The van der Waals surface area contributed by atoms with Gasteiger partial charge in [-0.3, -0.25) is 13.8 Å². The van der Waals surface area contributed by atoms with Crippen molar-refractivity contribution in [2.75, 3.05) is 0 Å². The lowest BCUT2D eigenvalue weighted by Gasteiger charge is -2.04. The molecule has 0 aliphatic heterocycles. The van der Waals surface area contributed by atoms with E-state index in [1.807, 2.05) is 30.1 Å². The van der Waals surface area contributed by atoms with Crippen molar-refractivity contribution in [1.29, 1.82) is 0 Å². The Balaban J connectivity index is 2.26. The summed E-state index contributed by atoms with van der Waals surface area (Å²) < 4.78 is 5.43. The highest BCUT2D eigenvalue weighted by Gasteiger charge is 2.08. The van der Waals surface area contributed by atoms with Gasteiger partial charge in [0, 0.05) is 25.5 Å². The topological polar surface area (TPSA) is 44.8 Å². The highest BCUT2D eigenvalue weighted by molar-refractivity contribution is 5.09. The summed E-state index contributed by atoms with van der Waals surface area (Å²) in [6.45, 7) is 8.29. The van der Waals surface area contributed by atoms with E-state index in [-0.39, 0.29) is 5.69 Å². The van der Waals surface area contributed by atoms with E-state index in [4.69, 9.17) is 0 Å². The van der Waals surface area contributed by atoms with Gasteiger partial charge in [-0.25, -0.2) is 4.79 Å². The number of aromatic nitrogens is 4. The summed E-state index contributed by atoms with van der Waals surface area (Å²) in [6.07, 6.45) is 4.67. The first-order chi connectivity index (χ1) is 8.65. The van der Waals surface area contributed by atoms with Gasteiger partial charge in [0.25, 0.3) is 0 Å². The molecule has 0 radical (unpaired) electrons. The highest BCUT2D eigenvalue weighted by Crippen LogP contribution is 2.05. The third-order valence-electron chi connectivity index (χ3n) is 3.00. The minimum absolute atomic E-state index is 0.0540. The second-order valence-corrected chi connectivity index (χ2v) is 4.49. The van der Waals surface area contributed by atoms with Crippen LogP contribution >= 0.6 is 0 Å². The predicted molar refractivity (Wildman–Crippen MR) is 70.7 cm³/mol. The van der Waals surface area contributed by atoms with Crippen LogP contribution in [0.1, 0.15) is 31.7 Å². The van der Waals surface area contributed by atoms with Crippen LogP contribution < -0.4 is 5.69 Å². The van der Waals surface area contributed by atoms with Gasteiger partial charge >= 0.3 is 5.69 Å². The van der Waals surface area contributed by atoms with Crippen LogP contribution in [0.25, 0.3) is 0 Å². The second kappa shape index (κ2) is 5.25. The fourth-order valence-corrected chi connectivity index (χ4v) is 2.16. The molecule has 2 heterocycles. The molecular weight excluding hydrogens is 228 g/mol. The van der Waals surface area contributed by atoms with E-state index < -0.39 is 0 Å². The molecule has 0 unspecified atom stereocenters. The first-order valence-corrected chi connectivity index (χ1v) is 6.44. The molecule has 0 spiro atoms. The number of rotatable bonds is 5.